The number of imide groups is 1. The number of aromatic nitrogens is 3. The lowest BCUT2D eigenvalue weighted by Crippen LogP contribution is -2.45. The van der Waals surface area contributed by atoms with Crippen LogP contribution in [0.5, 0.6) is 0 Å². The summed E-state index contributed by atoms with van der Waals surface area (Å²) < 4.78 is 20.5. The van der Waals surface area contributed by atoms with Crippen LogP contribution >= 0.6 is 11.6 Å². The number of hydrogen-bond donors (Lipinski definition) is 3. The highest BCUT2D eigenvalue weighted by Gasteiger charge is 2.36. The van der Waals surface area contributed by atoms with Gasteiger partial charge in [-0.3, -0.25) is 19.3 Å². The Bertz CT molecular complexity index is 1450. The normalized spacial score (nSPS) is 17.5. The number of anilines is 3. The molecule has 5 rings (SSSR count). The molecular formula is C24H23ClFN7O4. The van der Waals surface area contributed by atoms with Gasteiger partial charge < -0.3 is 21.1 Å². The molecule has 1 aromatic carbocycles. The SMILES string of the molecule is COC(=O)C(N)CN1C(=O)C/C(=C\c2cnn3c(NC4CC4)cc(Nc4cc(Cl)ccc4F)nc23)C1=O. The van der Waals surface area contributed by atoms with Crippen LogP contribution in [0.25, 0.3) is 11.7 Å². The molecular weight excluding hydrogens is 505 g/mol. The number of nitrogens with one attached hydrogen (secondary N) is 2. The number of esters is 1. The van der Waals surface area contributed by atoms with E-state index in [-0.39, 0.29) is 30.3 Å². The molecule has 0 bridgehead atoms. The van der Waals surface area contributed by atoms with Crippen LogP contribution in [0.4, 0.5) is 21.7 Å². The third-order valence-electron chi connectivity index (χ3n) is 6.00. The van der Waals surface area contributed by atoms with Gasteiger partial charge >= 0.3 is 5.97 Å². The van der Waals surface area contributed by atoms with Crippen LogP contribution in [0.1, 0.15) is 24.8 Å². The van der Waals surface area contributed by atoms with E-state index in [1.807, 2.05) is 0 Å². The third kappa shape index (κ3) is 5.11. The third-order valence-corrected chi connectivity index (χ3v) is 6.23. The monoisotopic (exact) mass is 527 g/mol. The maximum absolute atomic E-state index is 14.4. The highest BCUT2D eigenvalue weighted by atomic mass is 35.5. The Morgan fingerprint density at radius 3 is 2.86 bits per heavy atom. The summed E-state index contributed by atoms with van der Waals surface area (Å²) in [6.07, 6.45) is 4.91. The molecule has 0 radical (unpaired) electrons. The van der Waals surface area contributed by atoms with Crippen molar-refractivity contribution in [1.82, 2.24) is 19.5 Å². The first kappa shape index (κ1) is 24.7. The summed E-state index contributed by atoms with van der Waals surface area (Å²) in [5.41, 5.74) is 6.95. The fraction of sp³-hybridized carbons (Fsp3) is 0.292. The van der Waals surface area contributed by atoms with Gasteiger partial charge in [-0.2, -0.15) is 9.61 Å². The number of nitrogens with two attached hydrogens (primary N) is 1. The van der Waals surface area contributed by atoms with Crippen LogP contribution in [-0.2, 0) is 19.1 Å². The molecule has 1 atom stereocenters. The summed E-state index contributed by atoms with van der Waals surface area (Å²) in [4.78, 5) is 42.6. The lowest BCUT2D eigenvalue weighted by molar-refractivity contribution is -0.144. The lowest BCUT2D eigenvalue weighted by Gasteiger charge is -2.17. The summed E-state index contributed by atoms with van der Waals surface area (Å²) in [6.45, 7) is -0.288. The molecule has 3 aromatic rings. The zero-order valence-corrected chi connectivity index (χ0v) is 20.5. The molecule has 1 saturated carbocycles. The van der Waals surface area contributed by atoms with Crippen molar-refractivity contribution < 1.29 is 23.5 Å². The van der Waals surface area contributed by atoms with Crippen molar-refractivity contribution in [2.45, 2.75) is 31.3 Å². The molecule has 11 nitrogen and oxygen atoms in total. The van der Waals surface area contributed by atoms with E-state index in [1.54, 1.807) is 10.6 Å². The number of rotatable bonds is 8. The van der Waals surface area contributed by atoms with Crippen molar-refractivity contribution in [2.75, 3.05) is 24.3 Å². The van der Waals surface area contributed by atoms with Gasteiger partial charge in [-0.15, -0.1) is 0 Å². The molecule has 2 aromatic heterocycles. The van der Waals surface area contributed by atoms with E-state index in [1.165, 1.54) is 37.6 Å². The fourth-order valence-electron chi connectivity index (χ4n) is 3.94. The van der Waals surface area contributed by atoms with E-state index in [4.69, 9.17) is 17.3 Å². The Kier molecular flexibility index (Phi) is 6.52. The van der Waals surface area contributed by atoms with E-state index in [0.29, 0.717) is 27.9 Å². The summed E-state index contributed by atoms with van der Waals surface area (Å²) >= 11 is 6.03. The number of hydrogen-bond acceptors (Lipinski definition) is 9. The molecule has 2 fully saturated rings. The van der Waals surface area contributed by atoms with Gasteiger partial charge in [0.15, 0.2) is 5.65 Å². The molecule has 4 N–H and O–H groups in total. The molecule has 192 valence electrons. The Morgan fingerprint density at radius 2 is 2.14 bits per heavy atom. The van der Waals surface area contributed by atoms with Gasteiger partial charge in [-0.25, -0.2) is 9.37 Å². The number of carbonyl (C=O) groups is 3. The van der Waals surface area contributed by atoms with Gasteiger partial charge in [0, 0.05) is 28.3 Å². The van der Waals surface area contributed by atoms with Gasteiger partial charge in [0.25, 0.3) is 5.91 Å². The predicted molar refractivity (Wildman–Crippen MR) is 134 cm³/mol. The van der Waals surface area contributed by atoms with E-state index in [2.05, 4.69) is 25.5 Å². The Labute approximate surface area is 215 Å². The highest BCUT2D eigenvalue weighted by Crippen LogP contribution is 2.30. The highest BCUT2D eigenvalue weighted by molar-refractivity contribution is 6.30. The van der Waals surface area contributed by atoms with E-state index < -0.39 is 29.6 Å². The first-order chi connectivity index (χ1) is 17.7. The molecule has 1 aliphatic heterocycles. The average Bonchev–Trinajstić information content (AvgIpc) is 3.54. The number of carbonyl (C=O) groups excluding carboxylic acids is 3. The van der Waals surface area contributed by atoms with Crippen molar-refractivity contribution in [3.63, 3.8) is 0 Å². The predicted octanol–water partition coefficient (Wildman–Crippen LogP) is 2.48. The first-order valence-electron chi connectivity index (χ1n) is 11.5. The van der Waals surface area contributed by atoms with Gasteiger partial charge in [0.2, 0.25) is 5.91 Å². The largest absolute Gasteiger partial charge is 0.468 e. The van der Waals surface area contributed by atoms with Gasteiger partial charge in [-0.1, -0.05) is 11.6 Å². The fourth-order valence-corrected chi connectivity index (χ4v) is 4.12. The number of benzene rings is 1. The molecule has 13 heteroatoms. The minimum absolute atomic E-state index is 0.148. The molecule has 1 aliphatic carbocycles. The second-order valence-electron chi connectivity index (χ2n) is 8.82. The quantitative estimate of drug-likeness (QED) is 0.228. The van der Waals surface area contributed by atoms with E-state index in [9.17, 15) is 18.8 Å². The van der Waals surface area contributed by atoms with Gasteiger partial charge in [-0.05, 0) is 37.1 Å². The molecule has 1 saturated heterocycles. The molecule has 37 heavy (non-hydrogen) atoms. The van der Waals surface area contributed by atoms with Gasteiger partial charge in [0.1, 0.15) is 23.5 Å². The number of amides is 2. The van der Waals surface area contributed by atoms with Crippen molar-refractivity contribution >= 4 is 58.4 Å². The molecule has 3 heterocycles. The summed E-state index contributed by atoms with van der Waals surface area (Å²) in [7, 11) is 1.18. The van der Waals surface area contributed by atoms with Crippen LogP contribution in [0.2, 0.25) is 5.02 Å². The minimum atomic E-state index is -1.15. The van der Waals surface area contributed by atoms with E-state index >= 15 is 0 Å². The van der Waals surface area contributed by atoms with Crippen LogP contribution in [0, 0.1) is 5.82 Å². The lowest BCUT2D eigenvalue weighted by atomic mass is 10.1. The molecule has 1 unspecified atom stereocenters. The number of likely N-dealkylation sites (tertiary alicyclic amines) is 1. The first-order valence-corrected chi connectivity index (χ1v) is 11.9. The van der Waals surface area contributed by atoms with E-state index in [0.717, 1.165) is 17.7 Å². The number of fused-ring (bicyclic) bond motifs is 1. The maximum atomic E-state index is 14.4. The number of ether oxygens (including phenoxy) is 1. The topological polar surface area (TPSA) is 144 Å². The van der Waals surface area contributed by atoms with Crippen LogP contribution < -0.4 is 16.4 Å². The Hall–Kier alpha value is -4.03. The Morgan fingerprint density at radius 1 is 1.35 bits per heavy atom. The van der Waals surface area contributed by atoms with Crippen LogP contribution in [0.3, 0.4) is 0 Å². The number of halogens is 2. The smallest absolute Gasteiger partial charge is 0.324 e. The summed E-state index contributed by atoms with van der Waals surface area (Å²) in [5.74, 6) is -1.31. The van der Waals surface area contributed by atoms with Crippen molar-refractivity contribution in [2.24, 2.45) is 5.73 Å². The number of methoxy groups -OCH3 is 1. The summed E-state index contributed by atoms with van der Waals surface area (Å²) in [5, 5.41) is 11.1. The second kappa shape index (κ2) is 9.79. The van der Waals surface area contributed by atoms with Crippen LogP contribution in [-0.4, -0.2) is 63.0 Å². The molecule has 2 aliphatic rings. The molecule has 2 amide bonds. The standard InChI is InChI=1S/C24H23ClFN7O4/c1-37-24(36)17(27)11-32-21(34)7-12(23(32)35)6-13-10-28-33-20(29-15-3-4-15)9-19(31-22(13)33)30-18-8-14(25)2-5-16(18)26/h2,5-6,8-10,15,17,29H,3-4,7,11,27H2,1H3,(H,30,31)/b12-6+. The second-order valence-corrected chi connectivity index (χ2v) is 9.25. The maximum Gasteiger partial charge on any atom is 0.324 e. The minimum Gasteiger partial charge on any atom is -0.468 e. The average molecular weight is 528 g/mol. The summed E-state index contributed by atoms with van der Waals surface area (Å²) in [6, 6.07) is 4.99. The van der Waals surface area contributed by atoms with Gasteiger partial charge in [0.05, 0.1) is 32.0 Å². The molecule has 0 spiro atoms. The zero-order valence-electron chi connectivity index (χ0n) is 19.7. The Balaban J connectivity index is 1.49. The zero-order chi connectivity index (χ0) is 26.3. The van der Waals surface area contributed by atoms with Crippen LogP contribution in [0.15, 0.2) is 36.0 Å². The van der Waals surface area contributed by atoms with Crippen molar-refractivity contribution in [3.05, 3.63) is 52.4 Å². The van der Waals surface area contributed by atoms with Crippen molar-refractivity contribution in [3.8, 4) is 0 Å². The number of nitrogens with zero attached hydrogens (tertiary/aromatic N) is 4. The van der Waals surface area contributed by atoms with Crippen molar-refractivity contribution in [1.29, 1.82) is 0 Å².